The largest absolute Gasteiger partial charge is 0.496 e. The number of carbonyl (C=O) groups is 1. The Hall–Kier alpha value is -3.17. The number of fused-ring (bicyclic) bond motifs is 1. The lowest BCUT2D eigenvalue weighted by Crippen LogP contribution is -2.40. The molecule has 0 bridgehead atoms. The summed E-state index contributed by atoms with van der Waals surface area (Å²) < 4.78 is 13.8. The number of halogens is 1. The molecule has 0 saturated heterocycles. The highest BCUT2D eigenvalue weighted by Crippen LogP contribution is 2.31. The van der Waals surface area contributed by atoms with Gasteiger partial charge in [-0.3, -0.25) is 9.36 Å². The summed E-state index contributed by atoms with van der Waals surface area (Å²) in [4.78, 5) is 33.9. The molecule has 0 spiro atoms. The highest BCUT2D eigenvalue weighted by atomic mass is 79.9. The predicted molar refractivity (Wildman–Crippen MR) is 142 cm³/mol. The second kappa shape index (κ2) is 10.2. The van der Waals surface area contributed by atoms with Crippen molar-refractivity contribution in [2.24, 2.45) is 4.99 Å². The third-order valence-electron chi connectivity index (χ3n) is 5.72. The molecule has 2 aromatic carbocycles. The molecule has 0 fully saturated rings. The van der Waals surface area contributed by atoms with Crippen LogP contribution in [0.5, 0.6) is 5.75 Å². The quantitative estimate of drug-likeness (QED) is 0.434. The topological polar surface area (TPSA) is 73.1 Å². The Bertz CT molecular complexity index is 1490. The van der Waals surface area contributed by atoms with E-state index in [0.29, 0.717) is 26.4 Å². The minimum atomic E-state index is -0.645. The van der Waals surface area contributed by atoms with Crippen LogP contribution in [-0.4, -0.2) is 38.3 Å². The molecule has 1 aliphatic heterocycles. The maximum atomic E-state index is 13.7. The Morgan fingerprint density at radius 3 is 2.57 bits per heavy atom. The van der Waals surface area contributed by atoms with Crippen LogP contribution in [0.1, 0.15) is 31.0 Å². The fraction of sp³-hybridized carbons (Fsp3) is 0.269. The van der Waals surface area contributed by atoms with Crippen molar-refractivity contribution < 1.29 is 14.3 Å². The average Bonchev–Trinajstić information content (AvgIpc) is 3.13. The molecule has 1 aliphatic rings. The molecule has 0 radical (unpaired) electrons. The fourth-order valence-corrected chi connectivity index (χ4v) is 5.44. The van der Waals surface area contributed by atoms with Crippen molar-refractivity contribution in [2.45, 2.75) is 19.9 Å². The van der Waals surface area contributed by atoms with E-state index in [0.717, 1.165) is 21.3 Å². The van der Waals surface area contributed by atoms with Crippen molar-refractivity contribution in [3.05, 3.63) is 89.0 Å². The number of allylic oxidation sites excluding steroid dienone is 1. The Morgan fingerprint density at radius 2 is 1.94 bits per heavy atom. The van der Waals surface area contributed by atoms with Crippen LogP contribution in [-0.2, 0) is 9.53 Å². The number of hydrogen-bond donors (Lipinski definition) is 0. The third-order valence-corrected chi connectivity index (χ3v) is 7.20. The lowest BCUT2D eigenvalue weighted by molar-refractivity contribution is -0.139. The number of carbonyl (C=O) groups excluding carboxylic acids is 1. The molecule has 0 amide bonds. The van der Waals surface area contributed by atoms with E-state index < -0.39 is 12.0 Å². The van der Waals surface area contributed by atoms with Crippen LogP contribution in [0, 0.1) is 0 Å². The Kier molecular flexibility index (Phi) is 7.28. The van der Waals surface area contributed by atoms with Crippen molar-refractivity contribution in [3.63, 3.8) is 0 Å². The van der Waals surface area contributed by atoms with Gasteiger partial charge in [-0.15, -0.1) is 0 Å². The van der Waals surface area contributed by atoms with Gasteiger partial charge in [-0.2, -0.15) is 0 Å². The molecule has 2 heterocycles. The third kappa shape index (κ3) is 4.83. The molecule has 0 aliphatic carbocycles. The van der Waals surface area contributed by atoms with E-state index in [1.165, 1.54) is 11.3 Å². The molecule has 0 N–H and O–H groups in total. The summed E-state index contributed by atoms with van der Waals surface area (Å²) in [7, 11) is 5.51. The Balaban J connectivity index is 1.95. The maximum absolute atomic E-state index is 13.7. The summed E-state index contributed by atoms with van der Waals surface area (Å²) in [6.45, 7) is 3.77. The smallest absolute Gasteiger partial charge is 0.338 e. The summed E-state index contributed by atoms with van der Waals surface area (Å²) in [5, 5.41) is 0. The van der Waals surface area contributed by atoms with Gasteiger partial charge < -0.3 is 14.4 Å². The first-order chi connectivity index (χ1) is 16.7. The van der Waals surface area contributed by atoms with E-state index in [1.54, 1.807) is 31.6 Å². The standard InChI is InChI=1S/C26H26BrN3O4S/c1-6-34-25(32)22-15(2)28-26-30(23(22)16-7-10-19(11-8-16)29(3)4)24(31)21(35-26)14-17-13-18(27)9-12-20(17)33-5/h7-14,23H,6H2,1-5H3/b21-14-/t23-/m1/s1. The van der Waals surface area contributed by atoms with Crippen LogP contribution in [0.25, 0.3) is 6.08 Å². The molecule has 0 unspecified atom stereocenters. The lowest BCUT2D eigenvalue weighted by Gasteiger charge is -2.25. The van der Waals surface area contributed by atoms with Crippen LogP contribution in [0.15, 0.2) is 68.0 Å². The van der Waals surface area contributed by atoms with Gasteiger partial charge >= 0.3 is 5.97 Å². The number of rotatable bonds is 6. The zero-order chi connectivity index (χ0) is 25.3. The number of anilines is 1. The summed E-state index contributed by atoms with van der Waals surface area (Å²) in [6, 6.07) is 12.8. The molecule has 35 heavy (non-hydrogen) atoms. The number of esters is 1. The summed E-state index contributed by atoms with van der Waals surface area (Å²) in [5.41, 5.74) is 3.26. The molecule has 182 valence electrons. The van der Waals surface area contributed by atoms with Crippen molar-refractivity contribution in [1.82, 2.24) is 4.57 Å². The van der Waals surface area contributed by atoms with Gasteiger partial charge in [0, 0.05) is 29.8 Å². The highest BCUT2D eigenvalue weighted by molar-refractivity contribution is 9.10. The normalized spacial score (nSPS) is 15.5. The summed E-state index contributed by atoms with van der Waals surface area (Å²) in [5.74, 6) is 0.177. The maximum Gasteiger partial charge on any atom is 0.338 e. The number of nitrogens with zero attached hydrogens (tertiary/aromatic N) is 3. The van der Waals surface area contributed by atoms with E-state index >= 15 is 0 Å². The van der Waals surface area contributed by atoms with Crippen LogP contribution in [0.2, 0.25) is 0 Å². The van der Waals surface area contributed by atoms with E-state index in [4.69, 9.17) is 9.47 Å². The second-order valence-electron chi connectivity index (χ2n) is 8.17. The number of ether oxygens (including phenoxy) is 2. The minimum absolute atomic E-state index is 0.230. The van der Waals surface area contributed by atoms with Crippen LogP contribution in [0.3, 0.4) is 0 Å². The van der Waals surface area contributed by atoms with E-state index in [-0.39, 0.29) is 12.2 Å². The van der Waals surface area contributed by atoms with Crippen molar-refractivity contribution in [2.75, 3.05) is 32.7 Å². The molecule has 9 heteroatoms. The van der Waals surface area contributed by atoms with Crippen LogP contribution >= 0.6 is 27.3 Å². The zero-order valence-corrected chi connectivity index (χ0v) is 22.6. The van der Waals surface area contributed by atoms with E-state index in [2.05, 4.69) is 20.9 Å². The van der Waals surface area contributed by atoms with Gasteiger partial charge in [-0.25, -0.2) is 9.79 Å². The van der Waals surface area contributed by atoms with Crippen molar-refractivity contribution in [1.29, 1.82) is 0 Å². The minimum Gasteiger partial charge on any atom is -0.496 e. The number of thiazole rings is 1. The molecular formula is C26H26BrN3O4S. The van der Waals surface area contributed by atoms with Crippen LogP contribution in [0.4, 0.5) is 5.69 Å². The zero-order valence-electron chi connectivity index (χ0n) is 20.2. The van der Waals surface area contributed by atoms with Gasteiger partial charge in [-0.05, 0) is 55.8 Å². The number of methoxy groups -OCH3 is 1. The molecule has 1 atom stereocenters. The number of aromatic nitrogens is 1. The Labute approximate surface area is 215 Å². The second-order valence-corrected chi connectivity index (χ2v) is 10.1. The van der Waals surface area contributed by atoms with Gasteiger partial charge in [0.1, 0.15) is 5.75 Å². The van der Waals surface area contributed by atoms with Gasteiger partial charge in [0.05, 0.1) is 35.6 Å². The number of benzene rings is 2. The predicted octanol–water partition coefficient (Wildman–Crippen LogP) is 3.64. The molecule has 4 rings (SSSR count). The van der Waals surface area contributed by atoms with Gasteiger partial charge in [0.25, 0.3) is 5.56 Å². The van der Waals surface area contributed by atoms with Crippen molar-refractivity contribution >= 4 is 45.0 Å². The van der Waals surface area contributed by atoms with Gasteiger partial charge in [0.15, 0.2) is 4.80 Å². The molecule has 3 aromatic rings. The number of hydrogen-bond acceptors (Lipinski definition) is 7. The molecule has 7 nitrogen and oxygen atoms in total. The fourth-order valence-electron chi connectivity index (χ4n) is 4.02. The molecular weight excluding hydrogens is 530 g/mol. The van der Waals surface area contributed by atoms with Crippen LogP contribution < -0.4 is 24.5 Å². The highest BCUT2D eigenvalue weighted by Gasteiger charge is 2.33. The van der Waals surface area contributed by atoms with Gasteiger partial charge in [0.2, 0.25) is 0 Å². The first-order valence-corrected chi connectivity index (χ1v) is 12.7. The molecule has 1 aromatic heterocycles. The summed E-state index contributed by atoms with van der Waals surface area (Å²) in [6.07, 6.45) is 1.79. The first kappa shape index (κ1) is 24.9. The Morgan fingerprint density at radius 1 is 1.23 bits per heavy atom. The molecule has 0 saturated carbocycles. The van der Waals surface area contributed by atoms with E-state index in [1.807, 2.05) is 61.5 Å². The SMILES string of the molecule is CCOC(=O)C1=C(C)N=c2s/c(=C\c3cc(Br)ccc3OC)c(=O)n2[C@@H]1c1ccc(N(C)C)cc1. The van der Waals surface area contributed by atoms with Gasteiger partial charge in [-0.1, -0.05) is 39.4 Å². The summed E-state index contributed by atoms with van der Waals surface area (Å²) >= 11 is 4.76. The first-order valence-electron chi connectivity index (χ1n) is 11.1. The van der Waals surface area contributed by atoms with E-state index in [9.17, 15) is 9.59 Å². The monoisotopic (exact) mass is 555 g/mol. The lowest BCUT2D eigenvalue weighted by atomic mass is 9.95. The van der Waals surface area contributed by atoms with Crippen molar-refractivity contribution in [3.8, 4) is 5.75 Å². The average molecular weight is 556 g/mol.